The fraction of sp³-hybridized carbons (Fsp3) is 0.647. The van der Waals surface area contributed by atoms with Crippen LogP contribution in [0.25, 0.3) is 0 Å². The maximum absolute atomic E-state index is 12.0. The van der Waals surface area contributed by atoms with Crippen LogP contribution < -0.4 is 10.6 Å². The largest absolute Gasteiger partial charge is 0.481 e. The summed E-state index contributed by atoms with van der Waals surface area (Å²) in [6.07, 6.45) is -1.92. The molecule has 12 nitrogen and oxygen atoms in total. The van der Waals surface area contributed by atoms with Crippen LogP contribution in [0.3, 0.4) is 0 Å². The van der Waals surface area contributed by atoms with Crippen LogP contribution in [0.2, 0.25) is 0 Å². The van der Waals surface area contributed by atoms with E-state index in [1.54, 1.807) is 13.8 Å². The second kappa shape index (κ2) is 13.9. The molecular weight excluding hydrogens is 392 g/mol. The Morgan fingerprint density at radius 2 is 1.31 bits per heavy atom. The third kappa shape index (κ3) is 12.0. The highest BCUT2D eigenvalue weighted by molar-refractivity contribution is 5.99. The number of hydrogen-bond acceptors (Lipinski definition) is 8. The number of carboxylic acids is 2. The molecule has 0 aliphatic rings. The van der Waals surface area contributed by atoms with Gasteiger partial charge in [0.1, 0.15) is 18.5 Å². The van der Waals surface area contributed by atoms with E-state index >= 15 is 0 Å². The summed E-state index contributed by atoms with van der Waals surface area (Å²) < 4.78 is 9.56. The van der Waals surface area contributed by atoms with Gasteiger partial charge in [-0.15, -0.1) is 0 Å². The van der Waals surface area contributed by atoms with Gasteiger partial charge in [-0.1, -0.05) is 0 Å². The predicted molar refractivity (Wildman–Crippen MR) is 95.5 cm³/mol. The first-order valence-electron chi connectivity index (χ1n) is 8.96. The van der Waals surface area contributed by atoms with Crippen LogP contribution in [0.5, 0.6) is 0 Å². The molecule has 0 aliphatic carbocycles. The lowest BCUT2D eigenvalue weighted by atomic mass is 10.1. The summed E-state index contributed by atoms with van der Waals surface area (Å²) in [5, 5.41) is 21.9. The maximum atomic E-state index is 12.0. The van der Waals surface area contributed by atoms with E-state index in [-0.39, 0.29) is 32.5 Å². The van der Waals surface area contributed by atoms with Crippen molar-refractivity contribution < 1.29 is 48.5 Å². The molecule has 0 spiro atoms. The predicted octanol–water partition coefficient (Wildman–Crippen LogP) is -0.798. The Kier molecular flexibility index (Phi) is 12.4. The molecule has 0 aromatic heterocycles. The highest BCUT2D eigenvalue weighted by Crippen LogP contribution is 2.04. The summed E-state index contributed by atoms with van der Waals surface area (Å²) in [5.74, 6) is -5.91. The van der Waals surface area contributed by atoms with Crippen molar-refractivity contribution in [3.63, 3.8) is 0 Å². The van der Waals surface area contributed by atoms with E-state index in [4.69, 9.17) is 19.7 Å². The molecule has 0 aliphatic heterocycles. The lowest BCUT2D eigenvalue weighted by molar-refractivity contribution is -0.149. The van der Waals surface area contributed by atoms with Gasteiger partial charge in [-0.2, -0.15) is 0 Å². The monoisotopic (exact) mass is 418 g/mol. The van der Waals surface area contributed by atoms with Crippen LogP contribution in [0.15, 0.2) is 0 Å². The fourth-order valence-corrected chi connectivity index (χ4v) is 2.15. The molecule has 0 radical (unpaired) electrons. The summed E-state index contributed by atoms with van der Waals surface area (Å²) in [6, 6.07) is -2.67. The second-order valence-electron chi connectivity index (χ2n) is 5.78. The molecule has 0 bridgehead atoms. The number of carboxylic acid groups (broad SMARTS) is 2. The third-order valence-electron chi connectivity index (χ3n) is 3.45. The lowest BCUT2D eigenvalue weighted by Gasteiger charge is -2.17. The summed E-state index contributed by atoms with van der Waals surface area (Å²) in [7, 11) is 0. The molecule has 1 unspecified atom stereocenters. The lowest BCUT2D eigenvalue weighted by Crippen LogP contribution is -2.46. The quantitative estimate of drug-likeness (QED) is 0.205. The summed E-state index contributed by atoms with van der Waals surface area (Å²) in [5.41, 5.74) is 0. The zero-order valence-electron chi connectivity index (χ0n) is 16.3. The minimum Gasteiger partial charge on any atom is -0.481 e. The number of carbonyl (C=O) groups is 6. The van der Waals surface area contributed by atoms with E-state index in [0.717, 1.165) is 0 Å². The normalized spacial score (nSPS) is 12.2. The van der Waals surface area contributed by atoms with E-state index < -0.39 is 60.6 Å². The molecule has 164 valence electrons. The number of amides is 2. The van der Waals surface area contributed by atoms with Crippen LogP contribution in [0, 0.1) is 0 Å². The average molecular weight is 418 g/mol. The molecule has 0 aromatic carbocycles. The topological polar surface area (TPSA) is 185 Å². The van der Waals surface area contributed by atoms with Crippen LogP contribution >= 0.6 is 0 Å². The Hall–Kier alpha value is -3.18. The second-order valence-corrected chi connectivity index (χ2v) is 5.78. The van der Waals surface area contributed by atoms with Gasteiger partial charge >= 0.3 is 23.9 Å². The van der Waals surface area contributed by atoms with E-state index in [1.807, 2.05) is 5.32 Å². The molecule has 0 saturated carbocycles. The zero-order chi connectivity index (χ0) is 22.4. The zero-order valence-corrected chi connectivity index (χ0v) is 16.3. The van der Waals surface area contributed by atoms with E-state index in [1.165, 1.54) is 0 Å². The number of aliphatic carboxylic acids is 2. The molecular formula is C17H26N2O10. The first-order valence-corrected chi connectivity index (χ1v) is 8.96. The number of hydrogen-bond donors (Lipinski definition) is 4. The molecule has 0 rings (SSSR count). The van der Waals surface area contributed by atoms with Crippen molar-refractivity contribution >= 4 is 35.7 Å². The van der Waals surface area contributed by atoms with Crippen molar-refractivity contribution in [3.05, 3.63) is 0 Å². The standard InChI is InChI=1S/C17H26N2O10/c1-3-28-15(24)8-6-11(17(27)29-4-2)19-13(21)9-12(20)18-10(16(25)26)5-7-14(22)23/h10-11H,3-9H2,1-2H3,(H,18,20)(H,19,21)(H,22,23)(H,25,26)/t10?,11-/m0/s1. The first kappa shape index (κ1) is 25.8. The van der Waals surface area contributed by atoms with Crippen LogP contribution in [0.1, 0.15) is 46.0 Å². The van der Waals surface area contributed by atoms with Gasteiger partial charge in [0.05, 0.1) is 13.2 Å². The van der Waals surface area contributed by atoms with Gasteiger partial charge in [0.25, 0.3) is 0 Å². The number of esters is 2. The van der Waals surface area contributed by atoms with Crippen LogP contribution in [-0.2, 0) is 38.2 Å². The first-order chi connectivity index (χ1) is 13.6. The number of rotatable bonds is 14. The number of ether oxygens (including phenoxy) is 2. The molecule has 0 saturated heterocycles. The van der Waals surface area contributed by atoms with Crippen molar-refractivity contribution in [1.29, 1.82) is 0 Å². The summed E-state index contributed by atoms with van der Waals surface area (Å²) in [6.45, 7) is 3.36. The number of carbonyl (C=O) groups excluding carboxylic acids is 4. The molecule has 4 N–H and O–H groups in total. The highest BCUT2D eigenvalue weighted by atomic mass is 16.5. The Bertz CT molecular complexity index is 619. The third-order valence-corrected chi connectivity index (χ3v) is 3.45. The van der Waals surface area contributed by atoms with Gasteiger partial charge in [0, 0.05) is 12.8 Å². The number of nitrogens with one attached hydrogen (secondary N) is 2. The van der Waals surface area contributed by atoms with Gasteiger partial charge in [-0.3, -0.25) is 19.2 Å². The SMILES string of the molecule is CCOC(=O)CC[C@H](NC(=O)CC(=O)NC(CCC(=O)O)C(=O)O)C(=O)OCC. The van der Waals surface area contributed by atoms with Gasteiger partial charge in [0.15, 0.2) is 0 Å². The van der Waals surface area contributed by atoms with E-state index in [0.29, 0.717) is 0 Å². The minimum atomic E-state index is -1.48. The van der Waals surface area contributed by atoms with Crippen molar-refractivity contribution in [3.8, 4) is 0 Å². The van der Waals surface area contributed by atoms with E-state index in [9.17, 15) is 28.8 Å². The molecule has 0 heterocycles. The van der Waals surface area contributed by atoms with Crippen LogP contribution in [0.4, 0.5) is 0 Å². The molecule has 2 atom stereocenters. The summed E-state index contributed by atoms with van der Waals surface area (Å²) in [4.78, 5) is 68.9. The van der Waals surface area contributed by atoms with Crippen molar-refractivity contribution in [2.45, 2.75) is 58.0 Å². The molecule has 0 aromatic rings. The minimum absolute atomic E-state index is 0.0367. The van der Waals surface area contributed by atoms with Crippen LogP contribution in [-0.4, -0.2) is 71.2 Å². The Morgan fingerprint density at radius 3 is 1.79 bits per heavy atom. The maximum Gasteiger partial charge on any atom is 0.328 e. The van der Waals surface area contributed by atoms with Crippen molar-refractivity contribution in [2.24, 2.45) is 0 Å². The Balaban J connectivity index is 4.78. The van der Waals surface area contributed by atoms with Gasteiger partial charge in [-0.05, 0) is 26.7 Å². The Labute approximate surface area is 166 Å². The molecule has 0 fully saturated rings. The summed E-state index contributed by atoms with van der Waals surface area (Å²) >= 11 is 0. The Morgan fingerprint density at radius 1 is 0.793 bits per heavy atom. The van der Waals surface area contributed by atoms with Gasteiger partial charge < -0.3 is 30.3 Å². The molecule has 12 heteroatoms. The highest BCUT2D eigenvalue weighted by Gasteiger charge is 2.26. The average Bonchev–Trinajstić information content (AvgIpc) is 2.61. The van der Waals surface area contributed by atoms with Crippen molar-refractivity contribution in [2.75, 3.05) is 13.2 Å². The molecule has 29 heavy (non-hydrogen) atoms. The smallest absolute Gasteiger partial charge is 0.328 e. The van der Waals surface area contributed by atoms with Crippen molar-refractivity contribution in [1.82, 2.24) is 10.6 Å². The fourth-order valence-electron chi connectivity index (χ4n) is 2.15. The van der Waals surface area contributed by atoms with E-state index in [2.05, 4.69) is 5.32 Å². The molecule has 2 amide bonds. The van der Waals surface area contributed by atoms with Gasteiger partial charge in [-0.25, -0.2) is 9.59 Å². The van der Waals surface area contributed by atoms with Gasteiger partial charge in [0.2, 0.25) is 11.8 Å².